The molecule has 4 heteroatoms. The van der Waals surface area contributed by atoms with Crippen LogP contribution < -0.4 is 9.64 Å². The molecular formula is C20H23NO3. The van der Waals surface area contributed by atoms with Gasteiger partial charge in [0.2, 0.25) is 5.91 Å². The average Bonchev–Trinajstić information content (AvgIpc) is 2.60. The first kappa shape index (κ1) is 16.5. The second-order valence-corrected chi connectivity index (χ2v) is 6.22. The van der Waals surface area contributed by atoms with Crippen LogP contribution in [0.5, 0.6) is 5.75 Å². The van der Waals surface area contributed by atoms with Crippen LogP contribution in [0.1, 0.15) is 35.6 Å². The molecule has 1 unspecified atom stereocenters. The van der Waals surface area contributed by atoms with Crippen LogP contribution in [0, 0.1) is 6.92 Å². The number of anilines is 1. The first-order valence-electron chi connectivity index (χ1n) is 8.31. The van der Waals surface area contributed by atoms with Gasteiger partial charge in [0.25, 0.3) is 0 Å². The molecule has 1 N–H and O–H groups in total. The first-order chi connectivity index (χ1) is 11.6. The van der Waals surface area contributed by atoms with Crippen molar-refractivity contribution in [2.75, 3.05) is 18.6 Å². The lowest BCUT2D eigenvalue weighted by molar-refractivity contribution is -0.118. The van der Waals surface area contributed by atoms with Crippen LogP contribution in [-0.2, 0) is 11.2 Å². The monoisotopic (exact) mass is 325 g/mol. The Morgan fingerprint density at radius 1 is 1.29 bits per heavy atom. The summed E-state index contributed by atoms with van der Waals surface area (Å²) in [6.45, 7) is 2.55. The van der Waals surface area contributed by atoms with Crippen molar-refractivity contribution in [3.8, 4) is 5.75 Å². The molecule has 0 aromatic heterocycles. The number of rotatable bonds is 4. The molecule has 1 amide bonds. The summed E-state index contributed by atoms with van der Waals surface area (Å²) in [6.07, 6.45) is 1.15. The maximum absolute atomic E-state index is 12.7. The lowest BCUT2D eigenvalue weighted by Crippen LogP contribution is -2.36. The summed E-state index contributed by atoms with van der Waals surface area (Å²) < 4.78 is 5.35. The summed E-state index contributed by atoms with van der Waals surface area (Å²) >= 11 is 0. The van der Waals surface area contributed by atoms with Crippen molar-refractivity contribution in [3.63, 3.8) is 0 Å². The fourth-order valence-electron chi connectivity index (χ4n) is 3.26. The quantitative estimate of drug-likeness (QED) is 0.937. The first-order valence-corrected chi connectivity index (χ1v) is 8.31. The number of nitrogens with zero attached hydrogens (tertiary/aromatic N) is 1. The molecule has 126 valence electrons. The zero-order valence-electron chi connectivity index (χ0n) is 14.2. The lowest BCUT2D eigenvalue weighted by Gasteiger charge is -2.32. The Morgan fingerprint density at radius 2 is 2.08 bits per heavy atom. The molecule has 0 fully saturated rings. The Hall–Kier alpha value is -2.33. The van der Waals surface area contributed by atoms with Gasteiger partial charge in [0.1, 0.15) is 5.75 Å². The van der Waals surface area contributed by atoms with E-state index in [4.69, 9.17) is 4.74 Å². The second kappa shape index (κ2) is 7.05. The smallest absolute Gasteiger partial charge is 0.227 e. The number of ether oxygens (including phenoxy) is 1. The van der Waals surface area contributed by atoms with Crippen LogP contribution in [0.25, 0.3) is 0 Å². The zero-order chi connectivity index (χ0) is 17.1. The third-order valence-corrected chi connectivity index (χ3v) is 4.56. The highest BCUT2D eigenvalue weighted by Gasteiger charge is 2.27. The van der Waals surface area contributed by atoms with Crippen molar-refractivity contribution in [3.05, 3.63) is 59.2 Å². The lowest BCUT2D eigenvalue weighted by atomic mass is 9.96. The summed E-state index contributed by atoms with van der Waals surface area (Å²) in [7, 11) is 1.64. The van der Waals surface area contributed by atoms with Gasteiger partial charge in [-0.3, -0.25) is 4.79 Å². The number of carbonyl (C=O) groups is 1. The summed E-state index contributed by atoms with van der Waals surface area (Å²) in [5.41, 5.74) is 3.82. The van der Waals surface area contributed by atoms with Crippen molar-refractivity contribution in [2.45, 2.75) is 32.3 Å². The van der Waals surface area contributed by atoms with E-state index in [2.05, 4.69) is 0 Å². The van der Waals surface area contributed by atoms with E-state index in [0.29, 0.717) is 25.8 Å². The van der Waals surface area contributed by atoms with Crippen molar-refractivity contribution in [2.24, 2.45) is 0 Å². The Morgan fingerprint density at radius 3 is 2.88 bits per heavy atom. The standard InChI is InChI=1S/C20H23NO3/c1-14-7-9-17-16(13-14)18(22)11-12-21(17)20(23)10-8-15-5-3-4-6-19(15)24-2/h3-7,9,13,18,22H,8,10-12H2,1-2H3. The van der Waals surface area contributed by atoms with Gasteiger partial charge in [0, 0.05) is 24.2 Å². The second-order valence-electron chi connectivity index (χ2n) is 6.22. The molecule has 1 aliphatic rings. The van der Waals surface area contributed by atoms with Gasteiger partial charge in [-0.05, 0) is 37.5 Å². The zero-order valence-corrected chi connectivity index (χ0v) is 14.2. The average molecular weight is 325 g/mol. The Labute approximate surface area is 142 Å². The number of aryl methyl sites for hydroxylation is 2. The number of hydrogen-bond acceptors (Lipinski definition) is 3. The van der Waals surface area contributed by atoms with Gasteiger partial charge in [-0.1, -0.05) is 35.9 Å². The molecule has 0 aliphatic carbocycles. The molecule has 0 saturated heterocycles. The van der Waals surface area contributed by atoms with Crippen molar-refractivity contribution < 1.29 is 14.6 Å². The SMILES string of the molecule is COc1ccccc1CCC(=O)N1CCC(O)c2cc(C)ccc21. The van der Waals surface area contributed by atoms with E-state index in [1.54, 1.807) is 12.0 Å². The van der Waals surface area contributed by atoms with Gasteiger partial charge >= 0.3 is 0 Å². The maximum atomic E-state index is 12.7. The van der Waals surface area contributed by atoms with E-state index in [1.165, 1.54) is 0 Å². The van der Waals surface area contributed by atoms with E-state index >= 15 is 0 Å². The summed E-state index contributed by atoms with van der Waals surface area (Å²) in [5, 5.41) is 10.2. The number of benzene rings is 2. The molecule has 0 spiro atoms. The van der Waals surface area contributed by atoms with E-state index in [1.807, 2.05) is 49.4 Å². The minimum Gasteiger partial charge on any atom is -0.496 e. The van der Waals surface area contributed by atoms with Gasteiger partial charge in [-0.25, -0.2) is 0 Å². The highest BCUT2D eigenvalue weighted by atomic mass is 16.5. The number of aliphatic hydroxyl groups excluding tert-OH is 1. The predicted octanol–water partition coefficient (Wildman–Crippen LogP) is 3.41. The Balaban J connectivity index is 1.75. The molecule has 1 atom stereocenters. The molecule has 1 aliphatic heterocycles. The van der Waals surface area contributed by atoms with Crippen LogP contribution in [0.15, 0.2) is 42.5 Å². The van der Waals surface area contributed by atoms with Gasteiger partial charge < -0.3 is 14.7 Å². The highest BCUT2D eigenvalue weighted by molar-refractivity contribution is 5.94. The largest absolute Gasteiger partial charge is 0.496 e. The number of para-hydroxylation sites is 1. The van der Waals surface area contributed by atoms with Gasteiger partial charge in [-0.2, -0.15) is 0 Å². The Bertz CT molecular complexity index is 741. The van der Waals surface area contributed by atoms with Gasteiger partial charge in [-0.15, -0.1) is 0 Å². The summed E-state index contributed by atoms with van der Waals surface area (Å²) in [6, 6.07) is 13.7. The topological polar surface area (TPSA) is 49.8 Å². The minimum absolute atomic E-state index is 0.0814. The summed E-state index contributed by atoms with van der Waals surface area (Å²) in [4.78, 5) is 14.5. The molecular weight excluding hydrogens is 302 g/mol. The highest BCUT2D eigenvalue weighted by Crippen LogP contribution is 2.35. The number of fused-ring (bicyclic) bond motifs is 1. The molecule has 4 nitrogen and oxygen atoms in total. The maximum Gasteiger partial charge on any atom is 0.227 e. The third-order valence-electron chi connectivity index (χ3n) is 4.56. The molecule has 0 saturated carbocycles. The normalized spacial score (nSPS) is 16.6. The van der Waals surface area contributed by atoms with Gasteiger partial charge in [0.05, 0.1) is 13.2 Å². The van der Waals surface area contributed by atoms with E-state index in [0.717, 1.165) is 28.1 Å². The molecule has 0 bridgehead atoms. The van der Waals surface area contributed by atoms with Gasteiger partial charge in [0.15, 0.2) is 0 Å². The minimum atomic E-state index is -0.488. The van der Waals surface area contributed by atoms with Crippen LogP contribution in [0.3, 0.4) is 0 Å². The molecule has 1 heterocycles. The van der Waals surface area contributed by atoms with Crippen LogP contribution in [0.4, 0.5) is 5.69 Å². The third kappa shape index (κ3) is 3.29. The van der Waals surface area contributed by atoms with E-state index in [9.17, 15) is 9.90 Å². The molecule has 0 radical (unpaired) electrons. The molecule has 2 aromatic carbocycles. The number of amides is 1. The Kier molecular flexibility index (Phi) is 4.86. The predicted molar refractivity (Wildman–Crippen MR) is 94.4 cm³/mol. The van der Waals surface area contributed by atoms with Crippen molar-refractivity contribution in [1.29, 1.82) is 0 Å². The van der Waals surface area contributed by atoms with E-state index < -0.39 is 6.10 Å². The fraction of sp³-hybridized carbons (Fsp3) is 0.350. The van der Waals surface area contributed by atoms with Crippen molar-refractivity contribution >= 4 is 11.6 Å². The van der Waals surface area contributed by atoms with Crippen LogP contribution in [0.2, 0.25) is 0 Å². The molecule has 24 heavy (non-hydrogen) atoms. The number of aliphatic hydroxyl groups is 1. The van der Waals surface area contributed by atoms with Crippen LogP contribution in [-0.4, -0.2) is 24.7 Å². The molecule has 3 rings (SSSR count). The van der Waals surface area contributed by atoms with E-state index in [-0.39, 0.29) is 5.91 Å². The van der Waals surface area contributed by atoms with Crippen molar-refractivity contribution in [1.82, 2.24) is 0 Å². The fourth-order valence-corrected chi connectivity index (χ4v) is 3.26. The molecule has 2 aromatic rings. The summed E-state index contributed by atoms with van der Waals surface area (Å²) in [5.74, 6) is 0.897. The number of hydrogen-bond donors (Lipinski definition) is 1. The number of methoxy groups -OCH3 is 1. The van der Waals surface area contributed by atoms with Crippen LogP contribution >= 0.6 is 0 Å². The number of carbonyl (C=O) groups excluding carboxylic acids is 1.